The first-order valence-electron chi connectivity index (χ1n) is 12.1. The maximum Gasteiger partial charge on any atom is 0.186 e. The number of hydrogen-bond donors (Lipinski definition) is 6. The molecule has 1 aliphatic heterocycles. The molecule has 0 bridgehead atoms. The van der Waals surface area contributed by atoms with E-state index in [1.165, 1.54) is 5.57 Å². The van der Waals surface area contributed by atoms with Crippen LogP contribution in [0, 0.1) is 16.7 Å². The molecule has 8 atom stereocenters. The molecule has 8 nitrogen and oxygen atoms in total. The molecule has 33 heavy (non-hydrogen) atoms. The first-order chi connectivity index (χ1) is 15.6. The summed E-state index contributed by atoms with van der Waals surface area (Å²) in [5, 5.41) is 60.3. The lowest BCUT2D eigenvalue weighted by atomic mass is 9.48. The Bertz CT molecular complexity index is 736. The number of rotatable bonds is 8. The van der Waals surface area contributed by atoms with E-state index in [-0.39, 0.29) is 37.8 Å². The summed E-state index contributed by atoms with van der Waals surface area (Å²) in [6.07, 6.45) is 0.981. The molecule has 8 unspecified atom stereocenters. The molecular formula is C25H42O8. The van der Waals surface area contributed by atoms with Crippen LogP contribution in [0.25, 0.3) is 0 Å². The van der Waals surface area contributed by atoms with E-state index < -0.39 is 36.1 Å². The van der Waals surface area contributed by atoms with Crippen molar-refractivity contribution in [1.82, 2.24) is 0 Å². The van der Waals surface area contributed by atoms with Crippen LogP contribution in [0.2, 0.25) is 0 Å². The first-order valence-corrected chi connectivity index (χ1v) is 12.1. The quantitative estimate of drug-likeness (QED) is 0.289. The Balaban J connectivity index is 1.96. The van der Waals surface area contributed by atoms with Gasteiger partial charge in [-0.05, 0) is 55.4 Å². The average molecular weight is 471 g/mol. The minimum absolute atomic E-state index is 0.000389. The minimum atomic E-state index is -1.39. The summed E-state index contributed by atoms with van der Waals surface area (Å²) in [4.78, 5) is 0. The van der Waals surface area contributed by atoms with Gasteiger partial charge in [-0.3, -0.25) is 0 Å². The lowest BCUT2D eigenvalue weighted by Crippen LogP contribution is -2.59. The highest BCUT2D eigenvalue weighted by Crippen LogP contribution is 2.61. The predicted molar refractivity (Wildman–Crippen MR) is 122 cm³/mol. The topological polar surface area (TPSA) is 140 Å². The lowest BCUT2D eigenvalue weighted by molar-refractivity contribution is -0.297. The Morgan fingerprint density at radius 3 is 2.48 bits per heavy atom. The van der Waals surface area contributed by atoms with E-state index in [1.807, 2.05) is 6.92 Å². The molecule has 3 aliphatic rings. The van der Waals surface area contributed by atoms with E-state index in [2.05, 4.69) is 13.8 Å². The van der Waals surface area contributed by atoms with Gasteiger partial charge in [0.25, 0.3) is 0 Å². The highest BCUT2D eigenvalue weighted by atomic mass is 16.7. The molecule has 0 aromatic carbocycles. The normalized spacial score (nSPS) is 42.4. The third-order valence-corrected chi connectivity index (χ3v) is 8.34. The lowest BCUT2D eigenvalue weighted by Gasteiger charge is -2.59. The fourth-order valence-electron chi connectivity index (χ4n) is 6.60. The van der Waals surface area contributed by atoms with Gasteiger partial charge in [0.05, 0.1) is 25.9 Å². The van der Waals surface area contributed by atoms with Crippen molar-refractivity contribution in [3.63, 3.8) is 0 Å². The van der Waals surface area contributed by atoms with Gasteiger partial charge in [-0.25, -0.2) is 0 Å². The second-order valence-electron chi connectivity index (χ2n) is 10.7. The summed E-state index contributed by atoms with van der Waals surface area (Å²) < 4.78 is 11.8. The van der Waals surface area contributed by atoms with Gasteiger partial charge < -0.3 is 40.1 Å². The summed E-state index contributed by atoms with van der Waals surface area (Å²) in [6.45, 7) is 6.00. The van der Waals surface area contributed by atoms with Gasteiger partial charge in [-0.2, -0.15) is 0 Å². The van der Waals surface area contributed by atoms with Gasteiger partial charge >= 0.3 is 0 Å². The summed E-state index contributed by atoms with van der Waals surface area (Å²) in [7, 11) is 0. The maximum atomic E-state index is 10.5. The van der Waals surface area contributed by atoms with Gasteiger partial charge in [-0.15, -0.1) is 0 Å². The molecular weight excluding hydrogens is 428 g/mol. The highest BCUT2D eigenvalue weighted by Gasteiger charge is 2.57. The molecule has 3 rings (SSSR count). The summed E-state index contributed by atoms with van der Waals surface area (Å²) in [5.74, 6) is -0.0871. The SMILES string of the molecule is CC(=CCO)CCC1=C(CO)CC(OC2OCC(O)C(O)C2O)C2C(C)(CO)CCCC12C. The number of aliphatic hydroxyl groups excluding tert-OH is 6. The minimum Gasteiger partial charge on any atom is -0.396 e. The number of fused-ring (bicyclic) bond motifs is 1. The highest BCUT2D eigenvalue weighted by molar-refractivity contribution is 5.31. The summed E-state index contributed by atoms with van der Waals surface area (Å²) in [6, 6.07) is 0. The molecule has 2 aliphatic carbocycles. The predicted octanol–water partition coefficient (Wildman–Crippen LogP) is 1.03. The smallest absolute Gasteiger partial charge is 0.186 e. The molecule has 0 aromatic heterocycles. The Labute approximate surface area is 196 Å². The molecule has 0 spiro atoms. The number of aliphatic hydroxyl groups is 6. The van der Waals surface area contributed by atoms with Crippen LogP contribution < -0.4 is 0 Å². The zero-order valence-electron chi connectivity index (χ0n) is 20.1. The molecule has 6 N–H and O–H groups in total. The van der Waals surface area contributed by atoms with E-state index in [9.17, 15) is 30.6 Å². The number of ether oxygens (including phenoxy) is 2. The third kappa shape index (κ3) is 5.23. The van der Waals surface area contributed by atoms with Crippen LogP contribution in [0.1, 0.15) is 59.3 Å². The zero-order chi connectivity index (χ0) is 24.4. The number of allylic oxidation sites excluding steroid dienone is 2. The standard InChI is InChI=1S/C25H42O8/c1-15(7-10-26)5-6-17-16(12-27)11-19(33-23-21(31)20(30)18(29)13-32-23)22-24(2,14-28)8-4-9-25(17,22)3/h7,18-23,26-31H,4-6,8-14H2,1-3H3. The summed E-state index contributed by atoms with van der Waals surface area (Å²) in [5.41, 5.74) is 2.45. The number of hydrogen-bond acceptors (Lipinski definition) is 8. The Morgan fingerprint density at radius 1 is 1.12 bits per heavy atom. The summed E-state index contributed by atoms with van der Waals surface area (Å²) >= 11 is 0. The van der Waals surface area contributed by atoms with Gasteiger partial charge in [0, 0.05) is 12.5 Å². The second kappa shape index (κ2) is 10.8. The monoisotopic (exact) mass is 470 g/mol. The average Bonchev–Trinajstić information content (AvgIpc) is 2.78. The fraction of sp³-hybridized carbons (Fsp3) is 0.840. The van der Waals surface area contributed by atoms with Crippen molar-refractivity contribution in [2.75, 3.05) is 26.4 Å². The molecule has 0 radical (unpaired) electrons. The second-order valence-corrected chi connectivity index (χ2v) is 10.7. The third-order valence-electron chi connectivity index (χ3n) is 8.34. The maximum absolute atomic E-state index is 10.5. The van der Waals surface area contributed by atoms with Crippen LogP contribution in [0.5, 0.6) is 0 Å². The van der Waals surface area contributed by atoms with Crippen molar-refractivity contribution >= 4 is 0 Å². The molecule has 0 aromatic rings. The van der Waals surface area contributed by atoms with Crippen LogP contribution in [0.4, 0.5) is 0 Å². The van der Waals surface area contributed by atoms with Gasteiger partial charge in [0.1, 0.15) is 18.3 Å². The van der Waals surface area contributed by atoms with Gasteiger partial charge in [-0.1, -0.05) is 37.5 Å². The van der Waals surface area contributed by atoms with Crippen molar-refractivity contribution in [2.45, 2.75) is 90.0 Å². The van der Waals surface area contributed by atoms with Crippen LogP contribution in [0.3, 0.4) is 0 Å². The van der Waals surface area contributed by atoms with Crippen LogP contribution >= 0.6 is 0 Å². The van der Waals surface area contributed by atoms with Crippen molar-refractivity contribution in [3.8, 4) is 0 Å². The molecule has 1 saturated carbocycles. The van der Waals surface area contributed by atoms with Crippen molar-refractivity contribution in [1.29, 1.82) is 0 Å². The Morgan fingerprint density at radius 2 is 1.85 bits per heavy atom. The van der Waals surface area contributed by atoms with E-state index >= 15 is 0 Å². The largest absolute Gasteiger partial charge is 0.396 e. The Hall–Kier alpha value is -0.840. The van der Waals surface area contributed by atoms with Gasteiger partial charge in [0.15, 0.2) is 6.29 Å². The first kappa shape index (κ1) is 26.8. The van der Waals surface area contributed by atoms with Crippen LogP contribution in [0.15, 0.2) is 22.8 Å². The molecule has 2 fully saturated rings. The van der Waals surface area contributed by atoms with Crippen LogP contribution in [-0.4, -0.2) is 87.8 Å². The fourth-order valence-corrected chi connectivity index (χ4v) is 6.60. The molecule has 0 amide bonds. The van der Waals surface area contributed by atoms with E-state index in [4.69, 9.17) is 9.47 Å². The van der Waals surface area contributed by atoms with Crippen molar-refractivity contribution < 1.29 is 40.1 Å². The van der Waals surface area contributed by atoms with Crippen LogP contribution in [-0.2, 0) is 9.47 Å². The molecule has 8 heteroatoms. The van der Waals surface area contributed by atoms with Crippen molar-refractivity contribution in [2.24, 2.45) is 16.7 Å². The molecule has 1 saturated heterocycles. The molecule has 1 heterocycles. The van der Waals surface area contributed by atoms with E-state index in [1.54, 1.807) is 6.08 Å². The zero-order valence-corrected chi connectivity index (χ0v) is 20.1. The van der Waals surface area contributed by atoms with E-state index in [0.717, 1.165) is 43.3 Å². The van der Waals surface area contributed by atoms with E-state index in [0.29, 0.717) is 6.42 Å². The van der Waals surface area contributed by atoms with Gasteiger partial charge in [0.2, 0.25) is 0 Å². The van der Waals surface area contributed by atoms with Crippen molar-refractivity contribution in [3.05, 3.63) is 22.8 Å². The Kier molecular flexibility index (Phi) is 8.78. The molecule has 190 valence electrons.